The highest BCUT2D eigenvalue weighted by atomic mass is 16.3. The van der Waals surface area contributed by atoms with Gasteiger partial charge in [0, 0.05) is 44.4 Å². The van der Waals surface area contributed by atoms with Gasteiger partial charge < -0.3 is 20.6 Å². The molecular weight excluding hydrogens is 320 g/mol. The minimum atomic E-state index is -0.516. The number of hydrogen-bond acceptors (Lipinski definition) is 5. The molecule has 2 fully saturated rings. The Morgan fingerprint density at radius 1 is 1.40 bits per heavy atom. The van der Waals surface area contributed by atoms with Crippen molar-refractivity contribution in [3.8, 4) is 0 Å². The van der Waals surface area contributed by atoms with Crippen LogP contribution in [0, 0.1) is 5.41 Å². The number of hydrogen-bond donors (Lipinski definition) is 2. The van der Waals surface area contributed by atoms with E-state index in [0.717, 1.165) is 19.3 Å². The first-order valence-corrected chi connectivity index (χ1v) is 8.85. The number of aromatic nitrogens is 1. The maximum atomic E-state index is 12.6. The second-order valence-corrected chi connectivity index (χ2v) is 7.38. The van der Waals surface area contributed by atoms with Gasteiger partial charge in [-0.15, -0.1) is 0 Å². The van der Waals surface area contributed by atoms with Crippen LogP contribution in [0.2, 0.25) is 0 Å². The van der Waals surface area contributed by atoms with Crippen LogP contribution in [-0.2, 0) is 4.79 Å². The normalized spacial score (nSPS) is 21.4. The third-order valence-corrected chi connectivity index (χ3v) is 5.37. The summed E-state index contributed by atoms with van der Waals surface area (Å²) in [6.07, 6.45) is 4.19. The van der Waals surface area contributed by atoms with Crippen LogP contribution < -0.4 is 5.73 Å². The van der Waals surface area contributed by atoms with Crippen molar-refractivity contribution < 1.29 is 14.7 Å². The Hall–Kier alpha value is -2.15. The van der Waals surface area contributed by atoms with Crippen LogP contribution >= 0.6 is 0 Å². The lowest BCUT2D eigenvalue weighted by molar-refractivity contribution is -0.140. The predicted octanol–water partition coefficient (Wildman–Crippen LogP) is 0.889. The Morgan fingerprint density at radius 3 is 2.76 bits per heavy atom. The second kappa shape index (κ2) is 7.00. The zero-order valence-electron chi connectivity index (χ0n) is 14.6. The molecule has 3 heterocycles. The number of nitrogens with zero attached hydrogens (tertiary/aromatic N) is 3. The predicted molar refractivity (Wildman–Crippen MR) is 93.7 cm³/mol. The van der Waals surface area contributed by atoms with E-state index < -0.39 is 6.10 Å². The van der Waals surface area contributed by atoms with Crippen LogP contribution in [-0.4, -0.2) is 64.0 Å². The molecule has 7 nitrogen and oxygen atoms in total. The van der Waals surface area contributed by atoms with E-state index in [0.29, 0.717) is 44.0 Å². The molecule has 0 radical (unpaired) electrons. The number of anilines is 1. The van der Waals surface area contributed by atoms with Crippen molar-refractivity contribution in [2.24, 2.45) is 5.41 Å². The van der Waals surface area contributed by atoms with Gasteiger partial charge in [0.05, 0.1) is 6.10 Å². The summed E-state index contributed by atoms with van der Waals surface area (Å²) in [6, 6.07) is 3.29. The van der Waals surface area contributed by atoms with E-state index in [-0.39, 0.29) is 17.2 Å². The fourth-order valence-electron chi connectivity index (χ4n) is 3.94. The van der Waals surface area contributed by atoms with Gasteiger partial charge in [0.2, 0.25) is 5.91 Å². The van der Waals surface area contributed by atoms with Crippen molar-refractivity contribution >= 4 is 17.6 Å². The zero-order valence-corrected chi connectivity index (χ0v) is 14.6. The summed E-state index contributed by atoms with van der Waals surface area (Å²) in [6.45, 7) is 4.13. The summed E-state index contributed by atoms with van der Waals surface area (Å²) in [7, 11) is 0. The molecule has 1 aromatic rings. The van der Waals surface area contributed by atoms with Gasteiger partial charge in [-0.1, -0.05) is 0 Å². The standard InChI is InChI=1S/C18H26N4O3/c1-13(23)11-22-12-18(4-2-16(22)24)5-8-21(9-6-18)17(25)14-3-7-20-15(19)10-14/h3,7,10,13,23H,2,4-6,8-9,11-12H2,1H3,(H2,19,20)/t13-/m0/s1. The van der Waals surface area contributed by atoms with Crippen molar-refractivity contribution in [3.05, 3.63) is 23.9 Å². The van der Waals surface area contributed by atoms with Crippen molar-refractivity contribution in [2.45, 2.75) is 38.7 Å². The Bertz CT molecular complexity index is 653. The molecule has 0 saturated carbocycles. The number of nitrogen functional groups attached to an aromatic ring is 1. The minimum absolute atomic E-state index is 0.0170. The van der Waals surface area contributed by atoms with Gasteiger partial charge in [-0.25, -0.2) is 4.98 Å². The van der Waals surface area contributed by atoms with Crippen LogP contribution in [0.4, 0.5) is 5.82 Å². The average molecular weight is 346 g/mol. The second-order valence-electron chi connectivity index (χ2n) is 7.38. The number of rotatable bonds is 3. The van der Waals surface area contributed by atoms with Gasteiger partial charge in [-0.2, -0.15) is 0 Å². The van der Waals surface area contributed by atoms with Crippen LogP contribution in [0.25, 0.3) is 0 Å². The van der Waals surface area contributed by atoms with Gasteiger partial charge in [0.25, 0.3) is 5.91 Å². The molecule has 25 heavy (non-hydrogen) atoms. The molecule has 3 rings (SSSR count). The average Bonchev–Trinajstić information content (AvgIpc) is 2.58. The van der Waals surface area contributed by atoms with E-state index in [4.69, 9.17) is 5.73 Å². The fraction of sp³-hybridized carbons (Fsp3) is 0.611. The SMILES string of the molecule is C[C@H](O)CN1CC2(CCC1=O)CCN(C(=O)c1ccnc(N)c1)CC2. The summed E-state index contributed by atoms with van der Waals surface area (Å²) in [5.74, 6) is 0.452. The molecular formula is C18H26N4O3. The van der Waals surface area contributed by atoms with Gasteiger partial charge in [0.15, 0.2) is 0 Å². The van der Waals surface area contributed by atoms with E-state index in [2.05, 4.69) is 4.98 Å². The van der Waals surface area contributed by atoms with Crippen LogP contribution in [0.3, 0.4) is 0 Å². The lowest BCUT2D eigenvalue weighted by Gasteiger charge is -2.47. The number of amides is 2. The molecule has 2 aliphatic rings. The Kier molecular flexibility index (Phi) is 4.94. The zero-order chi connectivity index (χ0) is 18.0. The monoisotopic (exact) mass is 346 g/mol. The maximum absolute atomic E-state index is 12.6. The smallest absolute Gasteiger partial charge is 0.254 e. The van der Waals surface area contributed by atoms with E-state index in [9.17, 15) is 14.7 Å². The Balaban J connectivity index is 1.63. The lowest BCUT2D eigenvalue weighted by atomic mass is 9.72. The van der Waals surface area contributed by atoms with Gasteiger partial charge in [0.1, 0.15) is 5.82 Å². The van der Waals surface area contributed by atoms with E-state index >= 15 is 0 Å². The molecule has 0 unspecified atom stereocenters. The lowest BCUT2D eigenvalue weighted by Crippen LogP contribution is -2.53. The minimum Gasteiger partial charge on any atom is -0.392 e. The number of aliphatic hydroxyl groups excluding tert-OH is 1. The first-order chi connectivity index (χ1) is 11.9. The van der Waals surface area contributed by atoms with Gasteiger partial charge in [-0.05, 0) is 43.7 Å². The number of nitrogens with two attached hydrogens (primary N) is 1. The molecule has 1 atom stereocenters. The first kappa shape index (κ1) is 17.7. The molecule has 2 aliphatic heterocycles. The molecule has 2 amide bonds. The molecule has 1 aromatic heterocycles. The highest BCUT2D eigenvalue weighted by Gasteiger charge is 2.41. The molecule has 0 bridgehead atoms. The number of pyridine rings is 1. The largest absolute Gasteiger partial charge is 0.392 e. The number of carbonyl (C=O) groups is 2. The van der Waals surface area contributed by atoms with Crippen LogP contribution in [0.5, 0.6) is 0 Å². The molecule has 136 valence electrons. The third kappa shape index (κ3) is 3.92. The van der Waals surface area contributed by atoms with Gasteiger partial charge >= 0.3 is 0 Å². The number of β-amino-alcohol motifs (C(OH)–C–C–N with tert-alkyl or cyclic N) is 1. The van der Waals surface area contributed by atoms with E-state index in [1.807, 2.05) is 4.90 Å². The maximum Gasteiger partial charge on any atom is 0.254 e. The number of likely N-dealkylation sites (tertiary alicyclic amines) is 2. The van der Waals surface area contributed by atoms with Crippen molar-refractivity contribution in [1.82, 2.24) is 14.8 Å². The molecule has 0 aliphatic carbocycles. The molecule has 1 spiro atoms. The van der Waals surface area contributed by atoms with Crippen molar-refractivity contribution in [3.63, 3.8) is 0 Å². The topological polar surface area (TPSA) is 99.8 Å². The van der Waals surface area contributed by atoms with E-state index in [1.165, 1.54) is 0 Å². The van der Waals surface area contributed by atoms with Crippen molar-refractivity contribution in [1.29, 1.82) is 0 Å². The third-order valence-electron chi connectivity index (χ3n) is 5.37. The summed E-state index contributed by atoms with van der Waals surface area (Å²) in [5, 5.41) is 9.61. The van der Waals surface area contributed by atoms with E-state index in [1.54, 1.807) is 30.2 Å². The summed E-state index contributed by atoms with van der Waals surface area (Å²) >= 11 is 0. The first-order valence-electron chi connectivity index (χ1n) is 8.85. The molecule has 7 heteroatoms. The molecule has 3 N–H and O–H groups in total. The Morgan fingerprint density at radius 2 is 2.12 bits per heavy atom. The quantitative estimate of drug-likeness (QED) is 0.847. The summed E-state index contributed by atoms with van der Waals surface area (Å²) in [4.78, 5) is 32.3. The van der Waals surface area contributed by atoms with Crippen LogP contribution in [0.1, 0.15) is 43.0 Å². The van der Waals surface area contributed by atoms with Crippen molar-refractivity contribution in [2.75, 3.05) is 31.9 Å². The fourth-order valence-corrected chi connectivity index (χ4v) is 3.94. The van der Waals surface area contributed by atoms with Crippen LogP contribution in [0.15, 0.2) is 18.3 Å². The molecule has 0 aromatic carbocycles. The summed E-state index contributed by atoms with van der Waals surface area (Å²) < 4.78 is 0. The highest BCUT2D eigenvalue weighted by Crippen LogP contribution is 2.40. The Labute approximate surface area is 147 Å². The number of piperidine rings is 2. The number of carbonyl (C=O) groups excluding carboxylic acids is 2. The number of aliphatic hydroxyl groups is 1. The highest BCUT2D eigenvalue weighted by molar-refractivity contribution is 5.94. The van der Waals surface area contributed by atoms with Gasteiger partial charge in [-0.3, -0.25) is 9.59 Å². The molecule has 2 saturated heterocycles. The summed E-state index contributed by atoms with van der Waals surface area (Å²) in [5.41, 5.74) is 6.30.